The largest absolute Gasteiger partial charge is 0.376 e. The molecule has 2 fully saturated rings. The van der Waals surface area contributed by atoms with E-state index >= 15 is 0 Å². The van der Waals surface area contributed by atoms with Gasteiger partial charge in [-0.15, -0.1) is 11.3 Å². The second-order valence-corrected chi connectivity index (χ2v) is 9.08. The van der Waals surface area contributed by atoms with Gasteiger partial charge in [-0.25, -0.2) is 4.98 Å². The maximum atomic E-state index is 13.0. The number of hydrogen-bond donors (Lipinski definition) is 0. The minimum absolute atomic E-state index is 0.0593. The van der Waals surface area contributed by atoms with Gasteiger partial charge in [0.05, 0.1) is 11.6 Å². The molecule has 1 aromatic heterocycles. The number of rotatable bonds is 7. The molecule has 0 spiro atoms. The van der Waals surface area contributed by atoms with E-state index in [1.807, 2.05) is 10.3 Å². The quantitative estimate of drug-likeness (QED) is 0.689. The average molecular weight is 414 g/mol. The second-order valence-electron chi connectivity index (χ2n) is 8.36. The van der Waals surface area contributed by atoms with Gasteiger partial charge in [-0.2, -0.15) is 0 Å². The Hall–Kier alpha value is -1.76. The summed E-state index contributed by atoms with van der Waals surface area (Å²) in [7, 11) is 0. The number of likely N-dealkylation sites (tertiary alicyclic amines) is 1. The van der Waals surface area contributed by atoms with Crippen molar-refractivity contribution in [3.8, 4) is 0 Å². The van der Waals surface area contributed by atoms with Gasteiger partial charge < -0.3 is 9.64 Å². The Morgan fingerprint density at radius 2 is 2.07 bits per heavy atom. The summed E-state index contributed by atoms with van der Waals surface area (Å²) in [4.78, 5) is 21.8. The van der Waals surface area contributed by atoms with Gasteiger partial charge in [0.1, 0.15) is 5.69 Å². The summed E-state index contributed by atoms with van der Waals surface area (Å²) in [6.45, 7) is 7.73. The Morgan fingerprint density at radius 3 is 2.76 bits per heavy atom. The van der Waals surface area contributed by atoms with Crippen LogP contribution in [-0.2, 0) is 11.3 Å². The predicted molar refractivity (Wildman–Crippen MR) is 116 cm³/mol. The van der Waals surface area contributed by atoms with E-state index < -0.39 is 0 Å². The Balaban J connectivity index is 1.33. The molecule has 1 atom stereocenters. The SMILES string of the molecule is Cc1ccccc1CN1CCC(CN(CC2CCCO2)C(=O)c2cscn2)CC1. The summed E-state index contributed by atoms with van der Waals surface area (Å²) in [5.41, 5.74) is 5.10. The molecule has 2 aliphatic heterocycles. The standard InChI is InChI=1S/C23H31N3O2S/c1-18-5-2-3-6-20(18)14-25-10-8-19(9-11-25)13-26(15-21-7-4-12-28-21)23(27)22-16-29-17-24-22/h2-3,5-6,16-17,19,21H,4,7-15H2,1H3. The highest BCUT2D eigenvalue weighted by molar-refractivity contribution is 7.07. The number of ether oxygens (including phenoxy) is 1. The minimum Gasteiger partial charge on any atom is -0.376 e. The van der Waals surface area contributed by atoms with Crippen molar-refractivity contribution in [2.75, 3.05) is 32.8 Å². The van der Waals surface area contributed by atoms with Crippen LogP contribution in [0.4, 0.5) is 0 Å². The van der Waals surface area contributed by atoms with Crippen LogP contribution in [0, 0.1) is 12.8 Å². The van der Waals surface area contributed by atoms with Crippen LogP contribution in [-0.4, -0.2) is 59.6 Å². The third kappa shape index (κ3) is 5.44. The molecule has 2 aromatic rings. The van der Waals surface area contributed by atoms with E-state index in [1.165, 1.54) is 22.5 Å². The fourth-order valence-electron chi connectivity index (χ4n) is 4.42. The molecule has 2 aliphatic rings. The molecular formula is C23H31N3O2S. The van der Waals surface area contributed by atoms with Crippen LogP contribution in [0.2, 0.25) is 0 Å². The van der Waals surface area contributed by atoms with Crippen LogP contribution in [0.1, 0.15) is 47.3 Å². The number of thiazole rings is 1. The van der Waals surface area contributed by atoms with Crippen LogP contribution in [0.15, 0.2) is 35.2 Å². The maximum Gasteiger partial charge on any atom is 0.273 e. The van der Waals surface area contributed by atoms with E-state index in [4.69, 9.17) is 4.74 Å². The number of carbonyl (C=O) groups is 1. The molecule has 0 N–H and O–H groups in total. The number of hydrogen-bond acceptors (Lipinski definition) is 5. The fourth-order valence-corrected chi connectivity index (χ4v) is 4.95. The number of aryl methyl sites for hydroxylation is 1. The lowest BCUT2D eigenvalue weighted by molar-refractivity contribution is 0.0441. The molecule has 2 saturated heterocycles. The first kappa shape index (κ1) is 20.5. The first-order valence-corrected chi connectivity index (χ1v) is 11.7. The van der Waals surface area contributed by atoms with Crippen LogP contribution in [0.25, 0.3) is 0 Å². The summed E-state index contributed by atoms with van der Waals surface area (Å²) in [6.07, 6.45) is 4.60. The predicted octanol–water partition coefficient (Wildman–Crippen LogP) is 3.98. The number of benzene rings is 1. The lowest BCUT2D eigenvalue weighted by Gasteiger charge is -2.35. The topological polar surface area (TPSA) is 45.7 Å². The van der Waals surface area contributed by atoms with Gasteiger partial charge in [0.2, 0.25) is 0 Å². The van der Waals surface area contributed by atoms with Gasteiger partial charge >= 0.3 is 0 Å². The van der Waals surface area contributed by atoms with Crippen molar-refractivity contribution < 1.29 is 9.53 Å². The van der Waals surface area contributed by atoms with Gasteiger partial charge in [0.25, 0.3) is 5.91 Å². The normalized spacial score (nSPS) is 20.8. The van der Waals surface area contributed by atoms with Gasteiger partial charge in [-0.1, -0.05) is 24.3 Å². The Labute approximate surface area is 177 Å². The average Bonchev–Trinajstić information content (AvgIpc) is 3.44. The zero-order chi connectivity index (χ0) is 20.1. The Bertz CT molecular complexity index is 781. The summed E-state index contributed by atoms with van der Waals surface area (Å²) in [5.74, 6) is 0.608. The van der Waals surface area contributed by atoms with Gasteiger partial charge in [-0.3, -0.25) is 9.69 Å². The number of carbonyl (C=O) groups excluding carboxylic acids is 1. The van der Waals surface area contributed by atoms with Crippen molar-refractivity contribution in [2.45, 2.75) is 45.3 Å². The molecule has 29 heavy (non-hydrogen) atoms. The van der Waals surface area contributed by atoms with Gasteiger partial charge in [0, 0.05) is 31.6 Å². The van der Waals surface area contributed by atoms with Crippen LogP contribution in [0.3, 0.4) is 0 Å². The molecule has 3 heterocycles. The molecule has 1 amide bonds. The summed E-state index contributed by atoms with van der Waals surface area (Å²) in [5, 5.41) is 1.86. The third-order valence-electron chi connectivity index (χ3n) is 6.23. The van der Waals surface area contributed by atoms with Crippen LogP contribution in [0.5, 0.6) is 0 Å². The fraction of sp³-hybridized carbons (Fsp3) is 0.565. The van der Waals surface area contributed by atoms with E-state index in [-0.39, 0.29) is 12.0 Å². The molecule has 4 rings (SSSR count). The summed E-state index contributed by atoms with van der Waals surface area (Å²) < 4.78 is 5.81. The number of piperidine rings is 1. The van der Waals surface area contributed by atoms with Crippen molar-refractivity contribution in [3.63, 3.8) is 0 Å². The van der Waals surface area contributed by atoms with E-state index in [0.29, 0.717) is 18.2 Å². The smallest absolute Gasteiger partial charge is 0.273 e. The molecule has 5 nitrogen and oxygen atoms in total. The highest BCUT2D eigenvalue weighted by Gasteiger charge is 2.28. The first-order valence-electron chi connectivity index (χ1n) is 10.7. The highest BCUT2D eigenvalue weighted by atomic mass is 32.1. The van der Waals surface area contributed by atoms with Gasteiger partial charge in [0.15, 0.2) is 0 Å². The van der Waals surface area contributed by atoms with Crippen molar-refractivity contribution >= 4 is 17.2 Å². The van der Waals surface area contributed by atoms with Crippen molar-refractivity contribution in [2.24, 2.45) is 5.92 Å². The molecule has 0 aliphatic carbocycles. The lowest BCUT2D eigenvalue weighted by Crippen LogP contribution is -2.43. The van der Waals surface area contributed by atoms with Crippen molar-refractivity contribution in [1.29, 1.82) is 0 Å². The van der Waals surface area contributed by atoms with E-state index in [1.54, 1.807) is 5.51 Å². The van der Waals surface area contributed by atoms with Crippen LogP contribution >= 0.6 is 11.3 Å². The number of aromatic nitrogens is 1. The zero-order valence-corrected chi connectivity index (χ0v) is 18.1. The van der Waals surface area contributed by atoms with E-state index in [0.717, 1.165) is 58.5 Å². The first-order chi connectivity index (χ1) is 14.2. The maximum absolute atomic E-state index is 13.0. The molecule has 1 unspecified atom stereocenters. The Morgan fingerprint density at radius 1 is 1.24 bits per heavy atom. The molecule has 6 heteroatoms. The molecular weight excluding hydrogens is 382 g/mol. The zero-order valence-electron chi connectivity index (χ0n) is 17.3. The third-order valence-corrected chi connectivity index (χ3v) is 6.81. The van der Waals surface area contributed by atoms with Gasteiger partial charge in [-0.05, 0) is 62.7 Å². The lowest BCUT2D eigenvalue weighted by atomic mass is 9.95. The molecule has 0 bridgehead atoms. The van der Waals surface area contributed by atoms with E-state index in [2.05, 4.69) is 41.1 Å². The highest BCUT2D eigenvalue weighted by Crippen LogP contribution is 2.23. The Kier molecular flexibility index (Phi) is 6.95. The van der Waals surface area contributed by atoms with Crippen LogP contribution < -0.4 is 0 Å². The summed E-state index contributed by atoms with van der Waals surface area (Å²) >= 11 is 1.48. The number of amides is 1. The number of nitrogens with zero attached hydrogens (tertiary/aromatic N) is 3. The minimum atomic E-state index is 0.0593. The molecule has 0 saturated carbocycles. The second kappa shape index (κ2) is 9.83. The molecule has 156 valence electrons. The molecule has 0 radical (unpaired) electrons. The van der Waals surface area contributed by atoms with E-state index in [9.17, 15) is 4.79 Å². The monoisotopic (exact) mass is 413 g/mol. The van der Waals surface area contributed by atoms with Crippen molar-refractivity contribution in [1.82, 2.24) is 14.8 Å². The summed E-state index contributed by atoms with van der Waals surface area (Å²) in [6, 6.07) is 8.65. The molecule has 1 aromatic carbocycles. The van der Waals surface area contributed by atoms with Crippen molar-refractivity contribution in [3.05, 3.63) is 52.0 Å².